The highest BCUT2D eigenvalue weighted by molar-refractivity contribution is 6.44. The molecule has 3 nitrogen and oxygen atoms in total. The van der Waals surface area contributed by atoms with Crippen molar-refractivity contribution < 1.29 is 8.85 Å². The van der Waals surface area contributed by atoms with Crippen LogP contribution in [0.2, 0.25) is 6.04 Å². The maximum Gasteiger partial charge on any atom is 0.320 e. The first-order valence-corrected chi connectivity index (χ1v) is 14.6. The minimum atomic E-state index is -1.41. The Morgan fingerprint density at radius 3 is 1.41 bits per heavy atom. The van der Waals surface area contributed by atoms with E-state index in [1.165, 1.54) is 109 Å². The molecular formula is C25H55NO2Si. The highest BCUT2D eigenvalue weighted by Crippen LogP contribution is 2.27. The molecule has 1 unspecified atom stereocenters. The summed E-state index contributed by atoms with van der Waals surface area (Å²) in [5, 5.41) is 0. The molecule has 0 aliphatic rings. The van der Waals surface area contributed by atoms with E-state index in [-0.39, 0.29) is 5.54 Å². The first kappa shape index (κ1) is 29.1. The monoisotopic (exact) mass is 429 g/mol. The average molecular weight is 430 g/mol. The van der Waals surface area contributed by atoms with E-state index in [1.807, 2.05) is 0 Å². The van der Waals surface area contributed by atoms with Crippen LogP contribution in [0.15, 0.2) is 0 Å². The molecule has 0 bridgehead atoms. The van der Waals surface area contributed by atoms with Gasteiger partial charge in [-0.25, -0.2) is 0 Å². The molecule has 1 atom stereocenters. The van der Waals surface area contributed by atoms with Crippen LogP contribution in [0.4, 0.5) is 0 Å². The third-order valence-electron chi connectivity index (χ3n) is 6.48. The summed E-state index contributed by atoms with van der Waals surface area (Å²) < 4.78 is 10.9. The van der Waals surface area contributed by atoms with E-state index >= 15 is 0 Å². The largest absolute Gasteiger partial charge is 0.400 e. The standard InChI is InChI=1S/C25H55NO2Si/c1-6-7-8-9-10-11-12-13-14-15-16-17-18-19-21-24(25(2,3)26)22-20-23-29(27-4)28-5/h24,29H,6-23,26H2,1-5H3. The Balaban J connectivity index is 3.61. The number of hydrogen-bond donors (Lipinski definition) is 1. The van der Waals surface area contributed by atoms with E-state index in [2.05, 4.69) is 20.8 Å². The molecule has 0 fully saturated rings. The highest BCUT2D eigenvalue weighted by atomic mass is 28.3. The van der Waals surface area contributed by atoms with Crippen molar-refractivity contribution in [1.82, 2.24) is 0 Å². The normalized spacial score (nSPS) is 13.3. The fourth-order valence-corrected chi connectivity index (χ4v) is 5.57. The molecule has 29 heavy (non-hydrogen) atoms. The van der Waals surface area contributed by atoms with Gasteiger partial charge in [-0.1, -0.05) is 103 Å². The molecule has 0 radical (unpaired) electrons. The molecule has 0 saturated carbocycles. The van der Waals surface area contributed by atoms with Gasteiger partial charge in [0.1, 0.15) is 0 Å². The van der Waals surface area contributed by atoms with Gasteiger partial charge in [-0.3, -0.25) is 0 Å². The third-order valence-corrected chi connectivity index (χ3v) is 8.41. The molecule has 0 spiro atoms. The van der Waals surface area contributed by atoms with E-state index in [0.29, 0.717) is 5.92 Å². The summed E-state index contributed by atoms with van der Waals surface area (Å²) in [6, 6.07) is 1.10. The second-order valence-electron chi connectivity index (χ2n) is 9.74. The quantitative estimate of drug-likeness (QED) is 0.143. The van der Waals surface area contributed by atoms with Gasteiger partial charge < -0.3 is 14.6 Å². The van der Waals surface area contributed by atoms with Crippen molar-refractivity contribution in [2.75, 3.05) is 14.2 Å². The van der Waals surface area contributed by atoms with Crippen molar-refractivity contribution in [3.05, 3.63) is 0 Å². The first-order chi connectivity index (χ1) is 14.0. The van der Waals surface area contributed by atoms with Gasteiger partial charge in [-0.15, -0.1) is 0 Å². The number of unbranched alkanes of at least 4 members (excludes halogenated alkanes) is 13. The van der Waals surface area contributed by atoms with Crippen LogP contribution in [0.5, 0.6) is 0 Å². The molecule has 0 saturated heterocycles. The molecule has 0 rings (SSSR count). The van der Waals surface area contributed by atoms with Crippen molar-refractivity contribution in [3.63, 3.8) is 0 Å². The van der Waals surface area contributed by atoms with Crippen LogP contribution in [0, 0.1) is 5.92 Å². The summed E-state index contributed by atoms with van der Waals surface area (Å²) in [4.78, 5) is 0. The second-order valence-corrected chi connectivity index (χ2v) is 12.1. The average Bonchev–Trinajstić information content (AvgIpc) is 2.69. The molecule has 0 aromatic heterocycles. The lowest BCUT2D eigenvalue weighted by atomic mass is 9.81. The van der Waals surface area contributed by atoms with Crippen LogP contribution in [0.25, 0.3) is 0 Å². The Bertz CT molecular complexity index is 329. The lowest BCUT2D eigenvalue weighted by Crippen LogP contribution is -2.41. The summed E-state index contributed by atoms with van der Waals surface area (Å²) >= 11 is 0. The molecule has 176 valence electrons. The van der Waals surface area contributed by atoms with Crippen molar-refractivity contribution >= 4 is 9.28 Å². The Labute approximate surface area is 185 Å². The zero-order valence-electron chi connectivity index (χ0n) is 20.8. The van der Waals surface area contributed by atoms with E-state index in [9.17, 15) is 0 Å². The van der Waals surface area contributed by atoms with Gasteiger partial charge in [-0.05, 0) is 38.7 Å². The van der Waals surface area contributed by atoms with Crippen molar-refractivity contribution in [3.8, 4) is 0 Å². The maximum atomic E-state index is 6.46. The summed E-state index contributed by atoms with van der Waals surface area (Å²) in [7, 11) is 2.14. The van der Waals surface area contributed by atoms with Crippen LogP contribution in [0.3, 0.4) is 0 Å². The summed E-state index contributed by atoms with van der Waals surface area (Å²) in [5.41, 5.74) is 6.39. The maximum absolute atomic E-state index is 6.46. The minimum absolute atomic E-state index is 0.0757. The fourth-order valence-electron chi connectivity index (χ4n) is 4.34. The van der Waals surface area contributed by atoms with Crippen LogP contribution in [-0.4, -0.2) is 29.0 Å². The van der Waals surface area contributed by atoms with Crippen LogP contribution in [0.1, 0.15) is 130 Å². The number of hydrogen-bond acceptors (Lipinski definition) is 3. The van der Waals surface area contributed by atoms with Gasteiger partial charge >= 0.3 is 9.28 Å². The molecule has 4 heteroatoms. The molecule has 0 heterocycles. The predicted octanol–water partition coefficient (Wildman–Crippen LogP) is 7.50. The first-order valence-electron chi connectivity index (χ1n) is 12.8. The van der Waals surface area contributed by atoms with E-state index < -0.39 is 9.28 Å². The summed E-state index contributed by atoms with van der Waals surface area (Å²) in [6.07, 6.45) is 23.6. The van der Waals surface area contributed by atoms with Crippen molar-refractivity contribution in [2.45, 2.75) is 142 Å². The van der Waals surface area contributed by atoms with Gasteiger partial charge in [0.2, 0.25) is 0 Å². The lowest BCUT2D eigenvalue weighted by Gasteiger charge is -2.31. The zero-order valence-corrected chi connectivity index (χ0v) is 21.9. The number of nitrogens with two attached hydrogens (primary N) is 1. The lowest BCUT2D eigenvalue weighted by molar-refractivity contribution is 0.257. The van der Waals surface area contributed by atoms with E-state index in [1.54, 1.807) is 14.2 Å². The van der Waals surface area contributed by atoms with Gasteiger partial charge in [0.05, 0.1) is 0 Å². The molecular weight excluding hydrogens is 374 g/mol. The Morgan fingerprint density at radius 1 is 0.655 bits per heavy atom. The Morgan fingerprint density at radius 2 is 1.03 bits per heavy atom. The highest BCUT2D eigenvalue weighted by Gasteiger charge is 2.24. The van der Waals surface area contributed by atoms with Crippen molar-refractivity contribution in [2.24, 2.45) is 11.7 Å². The zero-order chi connectivity index (χ0) is 21.8. The SMILES string of the molecule is CCCCCCCCCCCCCCCCC(CCC[SiH](OC)OC)C(C)(C)N. The van der Waals surface area contributed by atoms with Crippen LogP contribution >= 0.6 is 0 Å². The van der Waals surface area contributed by atoms with Gasteiger partial charge in [0.25, 0.3) is 0 Å². The second kappa shape index (κ2) is 20.0. The summed E-state index contributed by atoms with van der Waals surface area (Å²) in [6.45, 7) is 6.69. The van der Waals surface area contributed by atoms with Gasteiger partial charge in [0.15, 0.2) is 0 Å². The topological polar surface area (TPSA) is 44.5 Å². The van der Waals surface area contributed by atoms with Crippen LogP contribution < -0.4 is 5.73 Å². The van der Waals surface area contributed by atoms with Gasteiger partial charge in [-0.2, -0.15) is 0 Å². The predicted molar refractivity (Wildman–Crippen MR) is 132 cm³/mol. The third kappa shape index (κ3) is 18.6. The Hall–Kier alpha value is 0.0969. The smallest absolute Gasteiger partial charge is 0.320 e. The number of rotatable bonds is 22. The Kier molecular flexibility index (Phi) is 20.1. The van der Waals surface area contributed by atoms with Crippen LogP contribution in [-0.2, 0) is 8.85 Å². The molecule has 0 aromatic rings. The molecule has 0 aromatic carbocycles. The van der Waals surface area contributed by atoms with E-state index in [4.69, 9.17) is 14.6 Å². The molecule has 0 aliphatic carbocycles. The van der Waals surface area contributed by atoms with Gasteiger partial charge in [0, 0.05) is 19.8 Å². The molecule has 0 amide bonds. The fraction of sp³-hybridized carbons (Fsp3) is 1.00. The minimum Gasteiger partial charge on any atom is -0.400 e. The molecule has 0 aliphatic heterocycles. The van der Waals surface area contributed by atoms with Crippen molar-refractivity contribution in [1.29, 1.82) is 0 Å². The van der Waals surface area contributed by atoms with E-state index in [0.717, 1.165) is 6.04 Å². The molecule has 2 N–H and O–H groups in total. The summed E-state index contributed by atoms with van der Waals surface area (Å²) in [5.74, 6) is 0.614.